The van der Waals surface area contributed by atoms with E-state index in [-0.39, 0.29) is 0 Å². The standard InChI is InChI=1S/C2HN5O/c3-1-5-2(8)6-7-4/h(H,5,8). The molecule has 0 radical (unpaired) electrons. The molecule has 0 aromatic heterocycles. The number of nitrogens with zero attached hydrogens (tertiary/aromatic N) is 4. The molecule has 40 valence electrons. The molecule has 0 atom stereocenters. The van der Waals surface area contributed by atoms with Crippen molar-refractivity contribution in [3.8, 4) is 6.19 Å². The molecule has 0 aliphatic carbocycles. The maximum absolute atomic E-state index is 9.89. The molecule has 0 saturated heterocycles. The number of hydrogen-bond donors (Lipinski definition) is 1. The van der Waals surface area contributed by atoms with Gasteiger partial charge in [0, 0.05) is 10.0 Å². The lowest BCUT2D eigenvalue weighted by Gasteiger charge is -1.77. The zero-order valence-electron chi connectivity index (χ0n) is 3.70. The fourth-order valence-electron chi connectivity index (χ4n) is 0.113. The molecule has 0 spiro atoms. The highest BCUT2D eigenvalue weighted by atomic mass is 16.2. The number of amides is 2. The minimum atomic E-state index is -0.991. The number of azide groups is 1. The van der Waals surface area contributed by atoms with Gasteiger partial charge in [-0.1, -0.05) is 0 Å². The van der Waals surface area contributed by atoms with E-state index >= 15 is 0 Å². The molecule has 0 unspecified atom stereocenters. The third kappa shape index (κ3) is 2.50. The van der Waals surface area contributed by atoms with Crippen LogP contribution in [0, 0.1) is 11.5 Å². The zero-order valence-corrected chi connectivity index (χ0v) is 3.70. The van der Waals surface area contributed by atoms with Gasteiger partial charge in [-0.25, -0.2) is 0 Å². The van der Waals surface area contributed by atoms with Crippen molar-refractivity contribution in [3.05, 3.63) is 10.4 Å². The Morgan fingerprint density at radius 1 is 2.00 bits per heavy atom. The third-order valence-electron chi connectivity index (χ3n) is 0.298. The van der Waals surface area contributed by atoms with E-state index in [1.54, 1.807) is 5.32 Å². The predicted molar refractivity (Wildman–Crippen MR) is 23.3 cm³/mol. The SMILES string of the molecule is N#CNC(=O)N=[N+]=[N-]. The predicted octanol–water partition coefficient (Wildman–Crippen LogP) is 0.487. The first kappa shape index (κ1) is 6.27. The van der Waals surface area contributed by atoms with Crippen molar-refractivity contribution in [1.29, 1.82) is 5.26 Å². The molecule has 6 nitrogen and oxygen atoms in total. The third-order valence-corrected chi connectivity index (χ3v) is 0.298. The highest BCUT2D eigenvalue weighted by molar-refractivity contribution is 5.76. The fraction of sp³-hybridized carbons (Fsp3) is 0. The second kappa shape index (κ2) is 3.46. The van der Waals surface area contributed by atoms with E-state index in [9.17, 15) is 4.79 Å². The van der Waals surface area contributed by atoms with E-state index < -0.39 is 6.03 Å². The van der Waals surface area contributed by atoms with Gasteiger partial charge in [-0.05, 0) is 5.53 Å². The van der Waals surface area contributed by atoms with Crippen LogP contribution in [0.2, 0.25) is 0 Å². The van der Waals surface area contributed by atoms with Crippen molar-refractivity contribution in [1.82, 2.24) is 5.32 Å². The lowest BCUT2D eigenvalue weighted by atomic mass is 11.0. The van der Waals surface area contributed by atoms with Crippen molar-refractivity contribution < 1.29 is 4.79 Å². The second-order valence-corrected chi connectivity index (χ2v) is 0.731. The van der Waals surface area contributed by atoms with Crippen LogP contribution in [0.1, 0.15) is 0 Å². The Hall–Kier alpha value is -1.73. The number of urea groups is 1. The van der Waals surface area contributed by atoms with E-state index in [4.69, 9.17) is 10.8 Å². The Morgan fingerprint density at radius 2 is 2.62 bits per heavy atom. The Balaban J connectivity index is 3.70. The maximum Gasteiger partial charge on any atom is 0.321 e. The molecular formula is C2HN5O. The molecule has 0 aliphatic heterocycles. The Bertz CT molecular complexity index is 171. The Labute approximate surface area is 44.3 Å². The molecule has 0 bridgehead atoms. The van der Waals surface area contributed by atoms with Gasteiger partial charge in [0.25, 0.3) is 0 Å². The van der Waals surface area contributed by atoms with E-state index in [2.05, 4.69) is 10.0 Å². The number of nitrogens with one attached hydrogen (secondary N) is 1. The van der Waals surface area contributed by atoms with Crippen LogP contribution in [0.5, 0.6) is 0 Å². The van der Waals surface area contributed by atoms with Crippen molar-refractivity contribution in [2.75, 3.05) is 0 Å². The lowest BCUT2D eigenvalue weighted by Crippen LogP contribution is -2.10. The van der Waals surface area contributed by atoms with Crippen LogP contribution >= 0.6 is 0 Å². The summed E-state index contributed by atoms with van der Waals surface area (Å²) in [4.78, 5) is 12.0. The van der Waals surface area contributed by atoms with E-state index in [1.807, 2.05) is 0 Å². The molecule has 0 heterocycles. The van der Waals surface area contributed by atoms with Gasteiger partial charge in [-0.2, -0.15) is 5.26 Å². The molecule has 1 N–H and O–H groups in total. The average Bonchev–Trinajstić information content (AvgIpc) is 1.68. The normalized spacial score (nSPS) is 5.88. The summed E-state index contributed by atoms with van der Waals surface area (Å²) in [5.74, 6) is 0. The molecule has 0 fully saturated rings. The molecule has 0 aromatic rings. The number of rotatable bonds is 0. The molecular weight excluding hydrogens is 110 g/mol. The van der Waals surface area contributed by atoms with Crippen LogP contribution < -0.4 is 5.32 Å². The van der Waals surface area contributed by atoms with Gasteiger partial charge in [0.05, 0.1) is 0 Å². The molecule has 0 aromatic carbocycles. The minimum Gasteiger partial charge on any atom is -0.267 e. The van der Waals surface area contributed by atoms with Crippen molar-refractivity contribution >= 4 is 6.03 Å². The first-order chi connectivity index (χ1) is 3.81. The topological polar surface area (TPSA) is 102 Å². The summed E-state index contributed by atoms with van der Waals surface area (Å²) in [6.45, 7) is 0. The smallest absolute Gasteiger partial charge is 0.267 e. The van der Waals surface area contributed by atoms with Gasteiger partial charge in [0.2, 0.25) is 0 Å². The quantitative estimate of drug-likeness (QED) is 0.161. The maximum atomic E-state index is 9.89. The minimum absolute atomic E-state index is 0.991. The summed E-state index contributed by atoms with van der Waals surface area (Å²) in [5, 5.41) is 11.8. The molecule has 6 heteroatoms. The van der Waals surface area contributed by atoms with Gasteiger partial charge < -0.3 is 0 Å². The van der Waals surface area contributed by atoms with Gasteiger partial charge in [-0.3, -0.25) is 10.1 Å². The van der Waals surface area contributed by atoms with Gasteiger partial charge >= 0.3 is 6.03 Å². The lowest BCUT2D eigenvalue weighted by molar-refractivity contribution is 0.252. The monoisotopic (exact) mass is 111 g/mol. The largest absolute Gasteiger partial charge is 0.321 e. The highest BCUT2D eigenvalue weighted by Crippen LogP contribution is 1.69. The van der Waals surface area contributed by atoms with Gasteiger partial charge in [-0.15, -0.1) is 0 Å². The summed E-state index contributed by atoms with van der Waals surface area (Å²) < 4.78 is 0. The molecule has 0 rings (SSSR count). The molecule has 8 heavy (non-hydrogen) atoms. The second-order valence-electron chi connectivity index (χ2n) is 0.731. The summed E-state index contributed by atoms with van der Waals surface area (Å²) in [7, 11) is 0. The fourth-order valence-corrected chi connectivity index (χ4v) is 0.113. The number of carbonyl (C=O) groups excluding carboxylic acids is 1. The molecule has 0 aliphatic rings. The van der Waals surface area contributed by atoms with Crippen LogP contribution in [0.15, 0.2) is 5.11 Å². The number of carbonyl (C=O) groups is 1. The number of nitriles is 1. The van der Waals surface area contributed by atoms with Crippen LogP contribution in [0.3, 0.4) is 0 Å². The molecule has 0 saturated carbocycles. The van der Waals surface area contributed by atoms with E-state index in [1.165, 1.54) is 6.19 Å². The Morgan fingerprint density at radius 3 is 3.00 bits per heavy atom. The molecule has 2 amide bonds. The number of hydrogen-bond acceptors (Lipinski definition) is 2. The first-order valence-electron chi connectivity index (χ1n) is 1.55. The average molecular weight is 111 g/mol. The Kier molecular flexibility index (Phi) is 2.71. The van der Waals surface area contributed by atoms with Crippen molar-refractivity contribution in [2.45, 2.75) is 0 Å². The summed E-state index contributed by atoms with van der Waals surface area (Å²) in [6.07, 6.45) is 1.29. The van der Waals surface area contributed by atoms with Crippen molar-refractivity contribution in [3.63, 3.8) is 0 Å². The van der Waals surface area contributed by atoms with Crippen LogP contribution in [0.4, 0.5) is 4.79 Å². The van der Waals surface area contributed by atoms with E-state index in [0.29, 0.717) is 0 Å². The van der Waals surface area contributed by atoms with E-state index in [0.717, 1.165) is 0 Å². The highest BCUT2D eigenvalue weighted by Gasteiger charge is 1.88. The van der Waals surface area contributed by atoms with Gasteiger partial charge in [0.15, 0.2) is 6.19 Å². The zero-order chi connectivity index (χ0) is 6.41. The van der Waals surface area contributed by atoms with Crippen molar-refractivity contribution in [2.24, 2.45) is 5.11 Å². The van der Waals surface area contributed by atoms with Gasteiger partial charge in [0.1, 0.15) is 0 Å². The first-order valence-corrected chi connectivity index (χ1v) is 1.55. The summed E-state index contributed by atoms with van der Waals surface area (Å²) in [6, 6.07) is -0.991. The summed E-state index contributed by atoms with van der Waals surface area (Å²) in [5.41, 5.74) is 7.55. The van der Waals surface area contributed by atoms with Crippen LogP contribution in [-0.2, 0) is 0 Å². The summed E-state index contributed by atoms with van der Waals surface area (Å²) >= 11 is 0. The van der Waals surface area contributed by atoms with Crippen LogP contribution in [0.25, 0.3) is 10.4 Å². The van der Waals surface area contributed by atoms with Crippen LogP contribution in [-0.4, -0.2) is 6.03 Å².